The van der Waals surface area contributed by atoms with E-state index in [1.165, 1.54) is 18.6 Å². The Morgan fingerprint density at radius 2 is 1.58 bits per heavy atom. The van der Waals surface area contributed by atoms with E-state index in [4.69, 9.17) is 5.73 Å². The molecule has 6 atom stereocenters. The number of nitrogens with one attached hydrogen (secondary N) is 1. The molecule has 1 fully saturated rings. The number of thioether (sulfide) groups is 2. The molecule has 2 aromatic rings. The minimum Gasteiger partial charge on any atom is -0.481 e. The molecular formula is C33H47N2O5S3+. The molecule has 43 heavy (non-hydrogen) atoms. The molecule has 0 aliphatic carbocycles. The third-order valence-electron chi connectivity index (χ3n) is 7.45. The van der Waals surface area contributed by atoms with Gasteiger partial charge >= 0.3 is 11.9 Å². The van der Waals surface area contributed by atoms with Crippen LogP contribution in [0.3, 0.4) is 0 Å². The van der Waals surface area contributed by atoms with Crippen LogP contribution in [0.4, 0.5) is 0 Å². The van der Waals surface area contributed by atoms with Crippen molar-refractivity contribution in [1.29, 1.82) is 0 Å². The number of carbonyl (C=O) groups is 3. The summed E-state index contributed by atoms with van der Waals surface area (Å²) in [5.41, 5.74) is 8.63. The Labute approximate surface area is 267 Å². The molecule has 5 N–H and O–H groups in total. The van der Waals surface area contributed by atoms with Gasteiger partial charge in [-0.1, -0.05) is 74.5 Å². The molecule has 1 aliphatic rings. The van der Waals surface area contributed by atoms with Gasteiger partial charge in [-0.25, -0.2) is 0 Å². The Morgan fingerprint density at radius 1 is 0.953 bits per heavy atom. The van der Waals surface area contributed by atoms with Crippen molar-refractivity contribution in [3.8, 4) is 0 Å². The Hall–Kier alpha value is -2.14. The van der Waals surface area contributed by atoms with Crippen molar-refractivity contribution < 1.29 is 24.6 Å². The normalized spacial score (nSPS) is 19.4. The summed E-state index contributed by atoms with van der Waals surface area (Å²) in [6.45, 7) is 4.44. The molecule has 0 spiro atoms. The first kappa shape index (κ1) is 35.3. The number of nitrogens with two attached hydrogens (primary N) is 1. The largest absolute Gasteiger partial charge is 0.481 e. The number of benzene rings is 2. The van der Waals surface area contributed by atoms with Crippen LogP contribution in [0.25, 0.3) is 0 Å². The molecule has 236 valence electrons. The summed E-state index contributed by atoms with van der Waals surface area (Å²) >= 11 is 2.80. The summed E-state index contributed by atoms with van der Waals surface area (Å²) in [4.78, 5) is 36.9. The molecule has 0 aromatic heterocycles. The van der Waals surface area contributed by atoms with Crippen molar-refractivity contribution in [2.24, 2.45) is 11.7 Å². The maximum Gasteiger partial charge on any atom is 0.317 e. The van der Waals surface area contributed by atoms with Crippen LogP contribution in [0, 0.1) is 5.92 Å². The van der Waals surface area contributed by atoms with Gasteiger partial charge in [-0.3, -0.25) is 14.4 Å². The number of hydrogen-bond donors (Lipinski definition) is 4. The van der Waals surface area contributed by atoms with E-state index in [9.17, 15) is 24.6 Å². The highest BCUT2D eigenvalue weighted by molar-refractivity contribution is 8.03. The summed E-state index contributed by atoms with van der Waals surface area (Å²) < 4.78 is 0. The van der Waals surface area contributed by atoms with E-state index >= 15 is 0 Å². The maximum absolute atomic E-state index is 13.9. The third kappa shape index (κ3) is 13.2. The second-order valence-corrected chi connectivity index (χ2v) is 16.7. The third-order valence-corrected chi connectivity index (χ3v) is 13.4. The van der Waals surface area contributed by atoms with E-state index < -0.39 is 23.6 Å². The summed E-state index contributed by atoms with van der Waals surface area (Å²) in [6, 6.07) is 19.7. The SMILES string of the molecule is CC(C)C[C@H](N)C[S+]1CCC[C@H]1CS[C@@H](Cc1ccccc1)C(=O)N[C@H](CS[C@H](CC(=O)O)C(=O)O)Cc1ccccc1. The first-order chi connectivity index (χ1) is 20.6. The fourth-order valence-electron chi connectivity index (χ4n) is 5.41. The zero-order valence-corrected chi connectivity index (χ0v) is 27.7. The molecule has 0 saturated carbocycles. The van der Waals surface area contributed by atoms with Crippen LogP contribution < -0.4 is 11.1 Å². The number of carboxylic acid groups (broad SMARTS) is 2. The van der Waals surface area contributed by atoms with E-state index in [1.54, 1.807) is 11.8 Å². The predicted molar refractivity (Wildman–Crippen MR) is 182 cm³/mol. The Balaban J connectivity index is 1.72. The summed E-state index contributed by atoms with van der Waals surface area (Å²) in [6.07, 6.45) is 4.10. The number of amides is 1. The van der Waals surface area contributed by atoms with E-state index in [-0.39, 0.29) is 34.1 Å². The molecule has 10 heteroatoms. The quantitative estimate of drug-likeness (QED) is 0.159. The number of aliphatic carboxylic acids is 2. The van der Waals surface area contributed by atoms with Crippen molar-refractivity contribution in [3.63, 3.8) is 0 Å². The molecule has 1 aliphatic heterocycles. The Kier molecular flexibility index (Phi) is 15.3. The maximum atomic E-state index is 13.9. The average Bonchev–Trinajstić information content (AvgIpc) is 3.39. The molecular weight excluding hydrogens is 601 g/mol. The first-order valence-corrected chi connectivity index (χ1v) is 18.8. The first-order valence-electron chi connectivity index (χ1n) is 15.1. The molecule has 1 heterocycles. The summed E-state index contributed by atoms with van der Waals surface area (Å²) in [5.74, 6) is 1.72. The predicted octanol–water partition coefficient (Wildman–Crippen LogP) is 4.87. The lowest BCUT2D eigenvalue weighted by atomic mass is 10.1. The number of carboxylic acids is 2. The van der Waals surface area contributed by atoms with Crippen molar-refractivity contribution >= 4 is 52.3 Å². The van der Waals surface area contributed by atoms with E-state index in [0.29, 0.717) is 29.8 Å². The van der Waals surface area contributed by atoms with Gasteiger partial charge in [0.15, 0.2) is 0 Å². The standard InChI is InChI=1S/C33H46N2O5S3/c1-23(2)16-26(34)22-43-15-9-14-28(43)21-42-29(18-25-12-7-4-8-13-25)32(38)35-27(17-24-10-5-3-6-11-24)20-41-30(33(39)40)19-31(36)37/h3-8,10-13,23,26-30H,9,14-22,34H2,1-2H3,(H2-,35,36,37,38,39,40)/p+1/t26-,27-,28-,29-,30+,43?/m0/s1. The van der Waals surface area contributed by atoms with Gasteiger partial charge in [0.2, 0.25) is 5.91 Å². The lowest BCUT2D eigenvalue weighted by Gasteiger charge is -2.24. The second kappa shape index (κ2) is 18.6. The zero-order chi connectivity index (χ0) is 31.2. The van der Waals surface area contributed by atoms with E-state index in [1.807, 2.05) is 60.7 Å². The molecule has 0 radical (unpaired) electrons. The van der Waals surface area contributed by atoms with Gasteiger partial charge in [-0.05, 0) is 53.6 Å². The number of carbonyl (C=O) groups excluding carboxylic acids is 1. The van der Waals surface area contributed by atoms with Crippen LogP contribution in [0.5, 0.6) is 0 Å². The molecule has 3 rings (SSSR count). The van der Waals surface area contributed by atoms with E-state index in [2.05, 4.69) is 19.2 Å². The lowest BCUT2D eigenvalue weighted by molar-refractivity contribution is -0.142. The fraction of sp³-hybridized carbons (Fsp3) is 0.545. The van der Waals surface area contributed by atoms with Crippen LogP contribution in [-0.4, -0.2) is 78.9 Å². The van der Waals surface area contributed by atoms with Gasteiger partial charge in [0.1, 0.15) is 22.0 Å². The van der Waals surface area contributed by atoms with Gasteiger partial charge in [-0.2, -0.15) is 0 Å². The molecule has 1 unspecified atom stereocenters. The average molecular weight is 648 g/mol. The van der Waals surface area contributed by atoms with Gasteiger partial charge in [0.05, 0.1) is 11.7 Å². The fourth-order valence-corrected chi connectivity index (χ4v) is 11.1. The second-order valence-electron chi connectivity index (χ2n) is 11.7. The Morgan fingerprint density at radius 3 is 2.16 bits per heavy atom. The van der Waals surface area contributed by atoms with Crippen LogP contribution in [0.2, 0.25) is 0 Å². The smallest absolute Gasteiger partial charge is 0.317 e. The van der Waals surface area contributed by atoms with Crippen molar-refractivity contribution in [1.82, 2.24) is 5.32 Å². The topological polar surface area (TPSA) is 130 Å². The summed E-state index contributed by atoms with van der Waals surface area (Å²) in [5, 5.41) is 21.2. The number of rotatable bonds is 19. The monoisotopic (exact) mass is 647 g/mol. The zero-order valence-electron chi connectivity index (χ0n) is 25.2. The minimum atomic E-state index is -1.16. The molecule has 7 nitrogen and oxygen atoms in total. The van der Waals surface area contributed by atoms with Gasteiger partial charge in [0, 0.05) is 30.0 Å². The van der Waals surface area contributed by atoms with Gasteiger partial charge < -0.3 is 21.3 Å². The molecule has 1 amide bonds. The van der Waals surface area contributed by atoms with Crippen LogP contribution in [0.15, 0.2) is 60.7 Å². The molecule has 2 aromatic carbocycles. The molecule has 0 bridgehead atoms. The van der Waals surface area contributed by atoms with Crippen LogP contribution >= 0.6 is 23.5 Å². The van der Waals surface area contributed by atoms with E-state index in [0.717, 1.165) is 40.8 Å². The highest BCUT2D eigenvalue weighted by atomic mass is 32.2. The van der Waals surface area contributed by atoms with Crippen molar-refractivity contribution in [2.75, 3.05) is 23.0 Å². The van der Waals surface area contributed by atoms with Gasteiger partial charge in [-0.15, -0.1) is 23.5 Å². The molecule has 1 saturated heterocycles. The van der Waals surface area contributed by atoms with Crippen molar-refractivity contribution in [3.05, 3.63) is 71.8 Å². The van der Waals surface area contributed by atoms with Gasteiger partial charge in [0.25, 0.3) is 0 Å². The Bertz CT molecular complexity index is 1140. The minimum absolute atomic E-state index is 0.0603. The van der Waals surface area contributed by atoms with Crippen molar-refractivity contribution in [2.45, 2.75) is 80.2 Å². The summed E-state index contributed by atoms with van der Waals surface area (Å²) in [7, 11) is 0.273. The number of hydrogen-bond acceptors (Lipinski definition) is 6. The highest BCUT2D eigenvalue weighted by Crippen LogP contribution is 2.30. The lowest BCUT2D eigenvalue weighted by Crippen LogP contribution is -2.44. The van der Waals surface area contributed by atoms with Crippen LogP contribution in [0.1, 0.15) is 50.7 Å². The highest BCUT2D eigenvalue weighted by Gasteiger charge is 2.38. The van der Waals surface area contributed by atoms with Crippen LogP contribution in [-0.2, 0) is 38.1 Å².